The van der Waals surface area contributed by atoms with Crippen LogP contribution in [0.25, 0.3) is 5.70 Å². The van der Waals surface area contributed by atoms with Gasteiger partial charge in [-0.1, -0.05) is 30.3 Å². The van der Waals surface area contributed by atoms with E-state index in [0.29, 0.717) is 0 Å². The van der Waals surface area contributed by atoms with Crippen molar-refractivity contribution in [3.05, 3.63) is 66.0 Å². The average molecular weight is 518 g/mol. The van der Waals surface area contributed by atoms with Crippen LogP contribution in [-0.2, 0) is 29.2 Å². The van der Waals surface area contributed by atoms with Gasteiger partial charge in [0.1, 0.15) is 0 Å². The van der Waals surface area contributed by atoms with Gasteiger partial charge in [0, 0.05) is 37.5 Å². The van der Waals surface area contributed by atoms with Crippen LogP contribution in [0, 0.1) is 0 Å². The van der Waals surface area contributed by atoms with Crippen LogP contribution in [-0.4, -0.2) is 64.5 Å². The number of carbonyl (C=O) groups excluding carboxylic acids is 3. The van der Waals surface area contributed by atoms with Crippen molar-refractivity contribution in [3.8, 4) is 0 Å². The molecule has 0 unspecified atom stereocenters. The first kappa shape index (κ1) is 29.3. The van der Waals surface area contributed by atoms with E-state index in [1.807, 2.05) is 19.0 Å². The number of ketones is 1. The maximum atomic E-state index is 13.0. The number of alkyl halides is 3. The normalized spacial score (nSPS) is 11.9. The third-order valence-electron chi connectivity index (χ3n) is 4.14. The Morgan fingerprint density at radius 2 is 1.37 bits per heavy atom. The topological polar surface area (TPSA) is 134 Å². The monoisotopic (exact) mass is 518 g/mol. The Morgan fingerprint density at radius 3 is 1.74 bits per heavy atom. The molecule has 2 aromatic rings. The lowest BCUT2D eigenvalue weighted by molar-refractivity contribution is -0.578. The summed E-state index contributed by atoms with van der Waals surface area (Å²) in [4.78, 5) is 39.7. The van der Waals surface area contributed by atoms with Gasteiger partial charge in [-0.2, -0.15) is 17.7 Å². The Balaban J connectivity index is 0.000000658. The van der Waals surface area contributed by atoms with E-state index in [2.05, 4.69) is 0 Å². The molecular formula is C21H21F3N2O8S. The number of ether oxygens (including phenoxy) is 2. The van der Waals surface area contributed by atoms with Gasteiger partial charge in [-0.3, -0.25) is 4.79 Å². The van der Waals surface area contributed by atoms with E-state index in [4.69, 9.17) is 22.4 Å². The molecule has 14 heteroatoms. The first-order valence-corrected chi connectivity index (χ1v) is 10.8. The molecule has 1 heterocycles. The van der Waals surface area contributed by atoms with E-state index < -0.39 is 38.9 Å². The van der Waals surface area contributed by atoms with Crippen molar-refractivity contribution < 1.29 is 54.6 Å². The number of esters is 2. The predicted octanol–water partition coefficient (Wildman–Crippen LogP) is 1.53. The minimum Gasteiger partial charge on any atom is -0.741 e. The first-order valence-electron chi connectivity index (χ1n) is 9.37. The molecule has 0 radical (unpaired) electrons. The molecule has 0 aliphatic heterocycles. The number of aromatic nitrogens is 1. The van der Waals surface area contributed by atoms with Crippen molar-refractivity contribution in [2.75, 3.05) is 33.2 Å². The van der Waals surface area contributed by atoms with Crippen molar-refractivity contribution in [3.63, 3.8) is 0 Å². The standard InChI is InChI=1S/C20H21N2O5.CHF3O3S/c1-21(2)15-10-12-22(13-11-15)17(20(25)27-4)16(19(24)26-3)18(23)14-8-6-5-7-9-14;2-1(3,4)8(5,6)7/h5-13H,1-4H3;(H,5,6,7)/q+1;/p-1/b17-16-;. The average Bonchev–Trinajstić information content (AvgIpc) is 2.81. The van der Waals surface area contributed by atoms with E-state index >= 15 is 0 Å². The maximum absolute atomic E-state index is 13.0. The van der Waals surface area contributed by atoms with Crippen LogP contribution in [0.5, 0.6) is 0 Å². The summed E-state index contributed by atoms with van der Waals surface area (Å²) in [5.41, 5.74) is -5.14. The summed E-state index contributed by atoms with van der Waals surface area (Å²) >= 11 is 0. The number of benzene rings is 1. The molecule has 10 nitrogen and oxygen atoms in total. The van der Waals surface area contributed by atoms with E-state index in [-0.39, 0.29) is 11.3 Å². The summed E-state index contributed by atoms with van der Waals surface area (Å²) in [7, 11) is -0.0215. The van der Waals surface area contributed by atoms with E-state index in [1.165, 1.54) is 11.7 Å². The van der Waals surface area contributed by atoms with Gasteiger partial charge >= 0.3 is 23.1 Å². The largest absolute Gasteiger partial charge is 0.741 e. The molecule has 0 saturated carbocycles. The Labute approximate surface area is 198 Å². The number of carbonyl (C=O) groups is 3. The zero-order valence-corrected chi connectivity index (χ0v) is 19.7. The van der Waals surface area contributed by atoms with Crippen molar-refractivity contribution in [1.29, 1.82) is 0 Å². The Hall–Kier alpha value is -3.78. The predicted molar refractivity (Wildman–Crippen MR) is 115 cm³/mol. The van der Waals surface area contributed by atoms with Gasteiger partial charge in [0.15, 0.2) is 28.1 Å². The maximum Gasteiger partial charge on any atom is 0.485 e. The molecule has 1 aromatic heterocycles. The number of Topliss-reactive ketones (excluding diaryl/α,β-unsaturated/α-hetero) is 1. The van der Waals surface area contributed by atoms with Crippen LogP contribution in [0.3, 0.4) is 0 Å². The smallest absolute Gasteiger partial charge is 0.485 e. The molecule has 0 aliphatic carbocycles. The minimum atomic E-state index is -6.09. The number of hydrogen-bond donors (Lipinski definition) is 0. The molecule has 0 amide bonds. The summed E-state index contributed by atoms with van der Waals surface area (Å²) in [5, 5.41) is 0. The molecular weight excluding hydrogens is 497 g/mol. The molecule has 0 fully saturated rings. The lowest BCUT2D eigenvalue weighted by Crippen LogP contribution is -2.40. The third kappa shape index (κ3) is 7.89. The van der Waals surface area contributed by atoms with Gasteiger partial charge in [0.05, 0.1) is 14.2 Å². The highest BCUT2D eigenvalue weighted by molar-refractivity contribution is 7.86. The van der Waals surface area contributed by atoms with Gasteiger partial charge in [0.25, 0.3) is 0 Å². The van der Waals surface area contributed by atoms with Gasteiger partial charge < -0.3 is 18.9 Å². The highest BCUT2D eigenvalue weighted by atomic mass is 32.2. The van der Waals surface area contributed by atoms with Crippen LogP contribution in [0.4, 0.5) is 18.9 Å². The third-order valence-corrected chi connectivity index (χ3v) is 4.70. The highest BCUT2D eigenvalue weighted by Gasteiger charge is 2.37. The second-order valence-electron chi connectivity index (χ2n) is 6.66. The van der Waals surface area contributed by atoms with Crippen LogP contribution in [0.1, 0.15) is 10.4 Å². The molecule has 0 saturated heterocycles. The molecule has 0 spiro atoms. The number of methoxy groups -OCH3 is 2. The highest BCUT2D eigenvalue weighted by Crippen LogP contribution is 2.20. The summed E-state index contributed by atoms with van der Waals surface area (Å²) in [6.07, 6.45) is 3.14. The Kier molecular flexibility index (Phi) is 10.1. The first-order chi connectivity index (χ1) is 16.2. The summed E-state index contributed by atoms with van der Waals surface area (Å²) in [6, 6.07) is 11.7. The number of nitrogens with zero attached hydrogens (tertiary/aromatic N) is 2. The number of halogens is 3. The lowest BCUT2D eigenvalue weighted by atomic mass is 10.0. The number of anilines is 1. The van der Waals surface area contributed by atoms with Crippen molar-refractivity contribution in [2.45, 2.75) is 5.51 Å². The number of hydrogen-bond acceptors (Lipinski definition) is 9. The summed E-state index contributed by atoms with van der Waals surface area (Å²) in [6.45, 7) is 0. The van der Waals surface area contributed by atoms with Crippen LogP contribution >= 0.6 is 0 Å². The van der Waals surface area contributed by atoms with Crippen LogP contribution < -0.4 is 9.47 Å². The summed E-state index contributed by atoms with van der Waals surface area (Å²) < 4.78 is 69.9. The fourth-order valence-electron chi connectivity index (χ4n) is 2.43. The van der Waals surface area contributed by atoms with Gasteiger partial charge in [-0.05, 0) is 0 Å². The fraction of sp³-hybridized carbons (Fsp3) is 0.238. The minimum absolute atomic E-state index is 0.219. The molecule has 0 N–H and O–H groups in total. The zero-order valence-electron chi connectivity index (χ0n) is 18.9. The van der Waals surface area contributed by atoms with E-state index in [1.54, 1.807) is 54.9 Å². The van der Waals surface area contributed by atoms with Gasteiger partial charge in [-0.25, -0.2) is 18.0 Å². The van der Waals surface area contributed by atoms with Crippen LogP contribution in [0.15, 0.2) is 60.4 Å². The summed E-state index contributed by atoms with van der Waals surface area (Å²) in [5.74, 6) is -2.39. The molecule has 0 aliphatic rings. The van der Waals surface area contributed by atoms with Gasteiger partial charge in [-0.15, -0.1) is 0 Å². The second kappa shape index (κ2) is 12.1. The molecule has 35 heavy (non-hydrogen) atoms. The quantitative estimate of drug-likeness (QED) is 0.0816. The fourth-order valence-corrected chi connectivity index (χ4v) is 2.43. The number of rotatable bonds is 6. The van der Waals surface area contributed by atoms with Crippen LogP contribution in [0.2, 0.25) is 0 Å². The van der Waals surface area contributed by atoms with Crippen molar-refractivity contribution in [2.24, 2.45) is 0 Å². The molecule has 0 atom stereocenters. The molecule has 190 valence electrons. The SMILES string of the molecule is COC(=O)/C(C(=O)c1ccccc1)=C(/C(=O)OC)[n+]1ccc(N(C)C)cc1.O=S(=O)([O-])C(F)(F)F. The zero-order chi connectivity index (χ0) is 27.0. The van der Waals surface area contributed by atoms with E-state index in [0.717, 1.165) is 12.8 Å². The molecule has 0 bridgehead atoms. The number of pyridine rings is 1. The lowest BCUT2D eigenvalue weighted by Gasteiger charge is -2.11. The Morgan fingerprint density at radius 1 is 0.914 bits per heavy atom. The second-order valence-corrected chi connectivity index (χ2v) is 8.03. The molecule has 2 rings (SSSR count). The van der Waals surface area contributed by atoms with E-state index in [9.17, 15) is 27.6 Å². The van der Waals surface area contributed by atoms with Crippen molar-refractivity contribution in [1.82, 2.24) is 0 Å². The van der Waals surface area contributed by atoms with Crippen molar-refractivity contribution >= 4 is 39.2 Å². The molecule has 1 aromatic carbocycles. The van der Waals surface area contributed by atoms with Gasteiger partial charge in [0.2, 0.25) is 5.78 Å². The Bertz CT molecular complexity index is 1190.